The van der Waals surface area contributed by atoms with Gasteiger partial charge in [0, 0.05) is 13.5 Å². The molecule has 2 aromatic rings. The van der Waals surface area contributed by atoms with Crippen molar-refractivity contribution in [2.24, 2.45) is 7.05 Å². The highest BCUT2D eigenvalue weighted by molar-refractivity contribution is 5.91. The summed E-state index contributed by atoms with van der Waals surface area (Å²) < 4.78 is 1.39. The monoisotopic (exact) mass is 291 g/mol. The summed E-state index contributed by atoms with van der Waals surface area (Å²) in [6.45, 7) is 0.149. The molecule has 110 valence electrons. The first kappa shape index (κ1) is 13.1. The Labute approximate surface area is 118 Å². The molecule has 0 aliphatic carbocycles. The van der Waals surface area contributed by atoms with E-state index in [1.54, 1.807) is 7.05 Å². The molecule has 1 unspecified atom stereocenters. The van der Waals surface area contributed by atoms with Gasteiger partial charge >= 0.3 is 12.0 Å². The van der Waals surface area contributed by atoms with Gasteiger partial charge in [-0.2, -0.15) is 10.1 Å². The third-order valence-corrected chi connectivity index (χ3v) is 3.37. The average Bonchev–Trinajstić information content (AvgIpc) is 3.06. The Kier molecular flexibility index (Phi) is 3.05. The number of rotatable bonds is 2. The summed E-state index contributed by atoms with van der Waals surface area (Å²) in [5, 5.41) is 15.7. The van der Waals surface area contributed by atoms with Crippen LogP contribution in [0.4, 0.5) is 10.7 Å². The minimum Gasteiger partial charge on any atom is -0.480 e. The van der Waals surface area contributed by atoms with E-state index in [9.17, 15) is 14.7 Å². The van der Waals surface area contributed by atoms with Crippen LogP contribution in [0.5, 0.6) is 0 Å². The first-order valence-electron chi connectivity index (χ1n) is 6.22. The Morgan fingerprint density at radius 1 is 1.48 bits per heavy atom. The van der Waals surface area contributed by atoms with E-state index in [-0.39, 0.29) is 18.9 Å². The van der Waals surface area contributed by atoms with Crippen molar-refractivity contribution >= 4 is 17.9 Å². The lowest BCUT2D eigenvalue weighted by atomic mass is 10.0. The molecule has 10 heteroatoms. The molecule has 0 fully saturated rings. The zero-order valence-electron chi connectivity index (χ0n) is 11.1. The minimum atomic E-state index is -1.07. The lowest BCUT2D eigenvalue weighted by molar-refractivity contribution is -0.142. The number of hydrogen-bond acceptors (Lipinski definition) is 5. The number of fused-ring (bicyclic) bond motifs is 1. The Hall–Kier alpha value is -2.91. The smallest absolute Gasteiger partial charge is 0.326 e. The van der Waals surface area contributed by atoms with Crippen molar-refractivity contribution in [3.63, 3.8) is 0 Å². The van der Waals surface area contributed by atoms with Gasteiger partial charge in [0.15, 0.2) is 0 Å². The van der Waals surface area contributed by atoms with Gasteiger partial charge in [-0.05, 0) is 0 Å². The fraction of sp³-hybridized carbons (Fsp3) is 0.364. The fourth-order valence-corrected chi connectivity index (χ4v) is 2.25. The highest BCUT2D eigenvalue weighted by atomic mass is 16.4. The Bertz CT molecular complexity index is 692. The quantitative estimate of drug-likeness (QED) is 0.689. The summed E-state index contributed by atoms with van der Waals surface area (Å²) in [5.74, 6) is -0.823. The van der Waals surface area contributed by atoms with Gasteiger partial charge in [0.1, 0.15) is 12.4 Å². The highest BCUT2D eigenvalue weighted by Crippen LogP contribution is 2.21. The number of aromatic nitrogens is 5. The summed E-state index contributed by atoms with van der Waals surface area (Å²) in [6.07, 6.45) is 2.96. The molecule has 2 amide bonds. The molecule has 3 heterocycles. The topological polar surface area (TPSA) is 129 Å². The lowest BCUT2D eigenvalue weighted by Crippen LogP contribution is -2.50. The van der Waals surface area contributed by atoms with E-state index in [4.69, 9.17) is 0 Å². The van der Waals surface area contributed by atoms with Crippen molar-refractivity contribution in [1.82, 2.24) is 29.6 Å². The number of aryl methyl sites for hydroxylation is 1. The van der Waals surface area contributed by atoms with Gasteiger partial charge in [0.25, 0.3) is 0 Å². The molecule has 10 nitrogen and oxygen atoms in total. The Morgan fingerprint density at radius 3 is 2.95 bits per heavy atom. The van der Waals surface area contributed by atoms with Crippen molar-refractivity contribution in [3.8, 4) is 0 Å². The molecule has 1 atom stereocenters. The maximum absolute atomic E-state index is 12.3. The van der Waals surface area contributed by atoms with Crippen LogP contribution in [-0.4, -0.2) is 52.8 Å². The van der Waals surface area contributed by atoms with E-state index in [0.29, 0.717) is 5.69 Å². The van der Waals surface area contributed by atoms with E-state index >= 15 is 0 Å². The molecule has 1 aliphatic rings. The molecule has 0 radical (unpaired) electrons. The highest BCUT2D eigenvalue weighted by Gasteiger charge is 2.36. The first-order valence-corrected chi connectivity index (χ1v) is 6.22. The molecule has 0 saturated carbocycles. The van der Waals surface area contributed by atoms with E-state index in [1.165, 1.54) is 22.2 Å². The summed E-state index contributed by atoms with van der Waals surface area (Å²) in [5.41, 5.74) is 1.41. The van der Waals surface area contributed by atoms with Crippen LogP contribution >= 0.6 is 0 Å². The third-order valence-electron chi connectivity index (χ3n) is 3.37. The van der Waals surface area contributed by atoms with Gasteiger partial charge < -0.3 is 15.0 Å². The molecule has 21 heavy (non-hydrogen) atoms. The normalized spacial score (nSPS) is 17.4. The largest absolute Gasteiger partial charge is 0.480 e. The summed E-state index contributed by atoms with van der Waals surface area (Å²) in [4.78, 5) is 35.8. The van der Waals surface area contributed by atoms with Gasteiger partial charge in [0.2, 0.25) is 5.95 Å². The van der Waals surface area contributed by atoms with Crippen LogP contribution in [0.1, 0.15) is 11.4 Å². The van der Waals surface area contributed by atoms with Gasteiger partial charge in [-0.15, -0.1) is 0 Å². The fourth-order valence-electron chi connectivity index (χ4n) is 2.25. The molecule has 0 bridgehead atoms. The molecule has 3 N–H and O–H groups in total. The van der Waals surface area contributed by atoms with Crippen LogP contribution < -0.4 is 5.32 Å². The van der Waals surface area contributed by atoms with Gasteiger partial charge in [-0.1, -0.05) is 0 Å². The van der Waals surface area contributed by atoms with Crippen molar-refractivity contribution in [2.45, 2.75) is 19.0 Å². The second-order valence-electron chi connectivity index (χ2n) is 4.65. The maximum atomic E-state index is 12.3. The number of carbonyl (C=O) groups is 2. The minimum absolute atomic E-state index is 0.149. The van der Waals surface area contributed by atoms with Crippen LogP contribution in [0.2, 0.25) is 0 Å². The molecule has 1 aliphatic heterocycles. The lowest BCUT2D eigenvalue weighted by Gasteiger charge is -2.32. The number of anilines is 1. The number of carboxylic acid groups (broad SMARTS) is 1. The van der Waals surface area contributed by atoms with Crippen LogP contribution in [0.3, 0.4) is 0 Å². The number of amides is 2. The SMILES string of the molecule is Cn1ncnc1NC(=O)N1Cc2[nH]cnc2CC1C(=O)O. The van der Waals surface area contributed by atoms with Crippen LogP contribution in [0, 0.1) is 0 Å². The first-order chi connectivity index (χ1) is 10.1. The number of urea groups is 1. The van der Waals surface area contributed by atoms with E-state index in [1.807, 2.05) is 0 Å². The number of carbonyl (C=O) groups excluding carboxylic acids is 1. The van der Waals surface area contributed by atoms with Gasteiger partial charge in [-0.3, -0.25) is 5.32 Å². The number of H-pyrrole nitrogens is 1. The molecular weight excluding hydrogens is 278 g/mol. The van der Waals surface area contributed by atoms with Crippen molar-refractivity contribution in [3.05, 3.63) is 24.0 Å². The summed E-state index contributed by atoms with van der Waals surface area (Å²) >= 11 is 0. The Morgan fingerprint density at radius 2 is 2.29 bits per heavy atom. The second kappa shape index (κ2) is 4.89. The Balaban J connectivity index is 1.83. The number of imidazole rings is 1. The molecule has 3 rings (SSSR count). The zero-order valence-corrected chi connectivity index (χ0v) is 11.1. The predicted octanol–water partition coefficient (Wildman–Crippen LogP) is -0.418. The number of nitrogens with one attached hydrogen (secondary N) is 2. The molecule has 0 saturated heterocycles. The van der Waals surface area contributed by atoms with Crippen molar-refractivity contribution < 1.29 is 14.7 Å². The van der Waals surface area contributed by atoms with Crippen molar-refractivity contribution in [1.29, 1.82) is 0 Å². The van der Waals surface area contributed by atoms with Crippen LogP contribution in [-0.2, 0) is 24.8 Å². The van der Waals surface area contributed by atoms with Gasteiger partial charge in [-0.25, -0.2) is 19.3 Å². The molecule has 0 spiro atoms. The van der Waals surface area contributed by atoms with E-state index in [2.05, 4.69) is 25.4 Å². The third kappa shape index (κ3) is 2.30. The second-order valence-corrected chi connectivity index (χ2v) is 4.65. The molecular formula is C11H13N7O3. The maximum Gasteiger partial charge on any atom is 0.326 e. The standard InChI is InChI=1S/C11H13N7O3/c1-17-10(14-5-15-17)16-11(21)18-3-7-6(12-4-13-7)2-8(18)9(19)20/h4-5,8H,2-3H2,1H3,(H,12,13)(H,19,20)(H,14,15,16,21). The molecule has 2 aromatic heterocycles. The van der Waals surface area contributed by atoms with E-state index in [0.717, 1.165) is 5.69 Å². The van der Waals surface area contributed by atoms with Crippen molar-refractivity contribution in [2.75, 3.05) is 5.32 Å². The average molecular weight is 291 g/mol. The number of aromatic amines is 1. The number of nitrogens with zero attached hydrogens (tertiary/aromatic N) is 5. The number of aliphatic carboxylic acids is 1. The van der Waals surface area contributed by atoms with Gasteiger partial charge in [0.05, 0.1) is 24.3 Å². The van der Waals surface area contributed by atoms with Crippen LogP contribution in [0.25, 0.3) is 0 Å². The van der Waals surface area contributed by atoms with Crippen LogP contribution in [0.15, 0.2) is 12.7 Å². The predicted molar refractivity (Wildman–Crippen MR) is 69.3 cm³/mol. The molecule has 0 aromatic carbocycles. The van der Waals surface area contributed by atoms with E-state index < -0.39 is 18.0 Å². The number of hydrogen-bond donors (Lipinski definition) is 3. The number of carboxylic acids is 1. The summed E-state index contributed by atoms with van der Waals surface area (Å²) in [6, 6.07) is -1.51. The summed E-state index contributed by atoms with van der Waals surface area (Å²) in [7, 11) is 1.63. The zero-order chi connectivity index (χ0) is 15.0.